The van der Waals surface area contributed by atoms with Crippen molar-refractivity contribution in [2.75, 3.05) is 31.9 Å². The van der Waals surface area contributed by atoms with E-state index in [2.05, 4.69) is 24.7 Å². The van der Waals surface area contributed by atoms with E-state index < -0.39 is 44.3 Å². The molecule has 0 radical (unpaired) electrons. The lowest BCUT2D eigenvalue weighted by atomic mass is 10.2. The lowest BCUT2D eigenvalue weighted by Crippen LogP contribution is -2.42. The smallest absolute Gasteiger partial charge is 0.337 e. The second-order valence-corrected chi connectivity index (χ2v) is 14.2. The third kappa shape index (κ3) is 9.68. The van der Waals surface area contributed by atoms with Crippen LogP contribution in [0, 0.1) is 12.7 Å². The summed E-state index contributed by atoms with van der Waals surface area (Å²) in [5.41, 5.74) is -0.382. The number of thioether (sulfide) groups is 1. The monoisotopic (exact) mass is 784 g/mol. The highest BCUT2D eigenvalue weighted by Gasteiger charge is 2.27. The predicted molar refractivity (Wildman–Crippen MR) is 184 cm³/mol. The van der Waals surface area contributed by atoms with Gasteiger partial charge in [-0.1, -0.05) is 23.7 Å². The lowest BCUT2D eigenvalue weighted by molar-refractivity contribution is -0.137. The SMILES string of the molecule is COC(=O)CSc1cc(N=c2sc(=O)n3n2CCCC3)c(F)cc1Cl.COc1nc(C)nc(N(C)C(=O)NS(=O)(=O)c2ccccc2C(=O)O)n1. The number of sulfonamides is 1. The summed E-state index contributed by atoms with van der Waals surface area (Å²) < 4.78 is 53.7. The molecule has 51 heavy (non-hydrogen) atoms. The van der Waals surface area contributed by atoms with Gasteiger partial charge in [0.05, 0.1) is 30.6 Å². The second kappa shape index (κ2) is 16.9. The van der Waals surface area contributed by atoms with Gasteiger partial charge in [0.15, 0.2) is 0 Å². The minimum atomic E-state index is -4.44. The topological polar surface area (TPSA) is 217 Å². The Hall–Kier alpha value is -4.86. The summed E-state index contributed by atoms with van der Waals surface area (Å²) in [5.74, 6) is -2.25. The number of ether oxygens (including phenoxy) is 2. The third-order valence-corrected chi connectivity index (χ3v) is 10.5. The number of benzene rings is 2. The Kier molecular flexibility index (Phi) is 12.9. The van der Waals surface area contributed by atoms with Gasteiger partial charge in [-0.2, -0.15) is 15.0 Å². The number of carbonyl (C=O) groups excluding carboxylic acids is 2. The molecule has 2 N–H and O–H groups in total. The number of nitrogens with zero attached hydrogens (tertiary/aromatic N) is 7. The maximum atomic E-state index is 14.3. The summed E-state index contributed by atoms with van der Waals surface area (Å²) in [7, 11) is -0.578. The molecule has 1 aliphatic rings. The Balaban J connectivity index is 0.000000229. The number of urea groups is 1. The van der Waals surface area contributed by atoms with Crippen LogP contribution in [-0.4, -0.2) is 82.8 Å². The molecule has 0 bridgehead atoms. The zero-order valence-electron chi connectivity index (χ0n) is 27.3. The van der Waals surface area contributed by atoms with Crippen molar-refractivity contribution in [2.24, 2.45) is 4.99 Å². The minimum absolute atomic E-state index is 0.0498. The number of hydrogen-bond donors (Lipinski definition) is 2. The number of carboxylic acids is 1. The van der Waals surface area contributed by atoms with Crippen LogP contribution < -0.4 is 24.0 Å². The van der Waals surface area contributed by atoms with Gasteiger partial charge in [0, 0.05) is 25.0 Å². The number of carbonyl (C=O) groups is 3. The van der Waals surface area contributed by atoms with Crippen molar-refractivity contribution < 1.29 is 41.8 Å². The van der Waals surface area contributed by atoms with Gasteiger partial charge in [-0.05, 0) is 55.4 Å². The number of hydrogen-bond acceptors (Lipinski definition) is 14. The molecule has 272 valence electrons. The van der Waals surface area contributed by atoms with E-state index in [1.165, 1.54) is 39.5 Å². The quantitative estimate of drug-likeness (QED) is 0.184. The molecule has 3 heterocycles. The van der Waals surface area contributed by atoms with Crippen LogP contribution in [0.15, 0.2) is 56.0 Å². The zero-order valence-corrected chi connectivity index (χ0v) is 30.5. The average Bonchev–Trinajstić information content (AvgIpc) is 3.42. The van der Waals surface area contributed by atoms with Gasteiger partial charge in [-0.3, -0.25) is 19.2 Å². The Bertz CT molecular complexity index is 2210. The Morgan fingerprint density at radius 1 is 1.14 bits per heavy atom. The maximum Gasteiger partial charge on any atom is 0.337 e. The Labute approximate surface area is 302 Å². The summed E-state index contributed by atoms with van der Waals surface area (Å²) in [6.45, 7) is 2.87. The highest BCUT2D eigenvalue weighted by molar-refractivity contribution is 8.00. The minimum Gasteiger partial charge on any atom is -0.478 e. The average molecular weight is 785 g/mol. The number of methoxy groups -OCH3 is 2. The summed E-state index contributed by atoms with van der Waals surface area (Å²) in [6, 6.07) is 6.42. The molecule has 5 rings (SSSR count). The van der Waals surface area contributed by atoms with Gasteiger partial charge in [0.1, 0.15) is 22.2 Å². The number of aryl methyl sites for hydroxylation is 1. The molecule has 0 aliphatic carbocycles. The number of fused-ring (bicyclic) bond motifs is 1. The Morgan fingerprint density at radius 3 is 2.49 bits per heavy atom. The van der Waals surface area contributed by atoms with Gasteiger partial charge in [-0.25, -0.2) is 36.8 Å². The standard InChI is InChI=1S/C15H15ClFN3O3S2.C14H15N5O6S/c1-23-13(21)8-24-12-7-11(10(17)6-9(12)16)18-14-19-4-2-3-5-20(19)15(22)25-14;1-8-15-12(17-13(16-8)25-3)19(2)14(22)18-26(23,24)10-7-5-4-6-9(10)11(20)21/h6-7H,2-5,8H2,1H3;4-7H,1-3H3,(H,18,22)(H,20,21). The summed E-state index contributed by atoms with van der Waals surface area (Å²) >= 11 is 8.17. The van der Waals surface area contributed by atoms with Gasteiger partial charge in [0.25, 0.3) is 10.0 Å². The fourth-order valence-electron chi connectivity index (χ4n) is 4.32. The van der Waals surface area contributed by atoms with Crippen LogP contribution in [0.5, 0.6) is 6.01 Å². The molecule has 0 fully saturated rings. The molecule has 0 atom stereocenters. The molecule has 0 saturated carbocycles. The van der Waals surface area contributed by atoms with E-state index >= 15 is 0 Å². The molecule has 2 aromatic heterocycles. The molecular formula is C29H30ClFN8O9S3. The highest BCUT2D eigenvalue weighted by Crippen LogP contribution is 2.33. The van der Waals surface area contributed by atoms with Crippen molar-refractivity contribution >= 4 is 74.3 Å². The molecular weight excluding hydrogens is 755 g/mol. The van der Waals surface area contributed by atoms with Gasteiger partial charge >= 0.3 is 28.9 Å². The van der Waals surface area contributed by atoms with Crippen LogP contribution in [0.3, 0.4) is 0 Å². The van der Waals surface area contributed by atoms with Crippen molar-refractivity contribution in [2.45, 2.75) is 42.6 Å². The lowest BCUT2D eigenvalue weighted by Gasteiger charge is -2.17. The van der Waals surface area contributed by atoms with Crippen LogP contribution in [0.2, 0.25) is 5.02 Å². The fraction of sp³-hybridized carbons (Fsp3) is 0.310. The number of aromatic carboxylic acids is 1. The summed E-state index contributed by atoms with van der Waals surface area (Å²) in [5, 5.41) is 9.31. The molecule has 0 unspecified atom stereocenters. The molecule has 0 saturated heterocycles. The molecule has 0 spiro atoms. The number of halogens is 2. The zero-order chi connectivity index (χ0) is 37.5. The third-order valence-electron chi connectivity index (χ3n) is 6.81. The highest BCUT2D eigenvalue weighted by atomic mass is 35.5. The van der Waals surface area contributed by atoms with Crippen molar-refractivity contribution in [1.29, 1.82) is 0 Å². The van der Waals surface area contributed by atoms with Crippen molar-refractivity contribution in [1.82, 2.24) is 29.0 Å². The van der Waals surface area contributed by atoms with Gasteiger partial charge in [-0.15, -0.1) is 11.8 Å². The molecule has 2 amide bonds. The van der Waals surface area contributed by atoms with E-state index in [9.17, 15) is 32.0 Å². The number of nitrogens with one attached hydrogen (secondary N) is 1. The van der Waals surface area contributed by atoms with Crippen molar-refractivity contribution in [3.63, 3.8) is 0 Å². The van der Waals surface area contributed by atoms with Crippen LogP contribution in [-0.2, 0) is 32.6 Å². The predicted octanol–water partition coefficient (Wildman–Crippen LogP) is 3.22. The summed E-state index contributed by atoms with van der Waals surface area (Å²) in [6.07, 6.45) is 1.90. The normalized spacial score (nSPS) is 12.6. The largest absolute Gasteiger partial charge is 0.478 e. The van der Waals surface area contributed by atoms with Gasteiger partial charge in [0.2, 0.25) is 10.7 Å². The van der Waals surface area contributed by atoms with Crippen molar-refractivity contribution in [3.8, 4) is 6.01 Å². The van der Waals surface area contributed by atoms with E-state index in [1.807, 2.05) is 0 Å². The van der Waals surface area contributed by atoms with Crippen LogP contribution in [0.1, 0.15) is 29.0 Å². The fourth-order valence-corrected chi connectivity index (χ4v) is 7.49. The number of amides is 2. The summed E-state index contributed by atoms with van der Waals surface area (Å²) in [4.78, 5) is 63.9. The number of anilines is 1. The van der Waals surface area contributed by atoms with Gasteiger partial charge < -0.3 is 14.6 Å². The van der Waals surface area contributed by atoms with E-state index in [1.54, 1.807) is 21.0 Å². The number of carboxylic acid groups (broad SMARTS) is 1. The molecule has 22 heteroatoms. The molecule has 1 aliphatic heterocycles. The number of aromatic nitrogens is 5. The molecule has 4 aromatic rings. The first-order valence-electron chi connectivity index (χ1n) is 14.6. The van der Waals surface area contributed by atoms with E-state index in [0.717, 1.165) is 59.0 Å². The number of esters is 1. The second-order valence-electron chi connectivity index (χ2n) is 10.3. The molecule has 2 aromatic carbocycles. The maximum absolute atomic E-state index is 14.3. The van der Waals surface area contributed by atoms with Crippen LogP contribution in [0.25, 0.3) is 0 Å². The van der Waals surface area contributed by atoms with Crippen LogP contribution in [0.4, 0.5) is 20.8 Å². The van der Waals surface area contributed by atoms with E-state index in [4.69, 9.17) is 21.4 Å². The van der Waals surface area contributed by atoms with Crippen LogP contribution >= 0.6 is 34.7 Å². The number of rotatable bonds is 9. The Morgan fingerprint density at radius 2 is 1.82 bits per heavy atom. The first-order valence-corrected chi connectivity index (χ1v) is 18.2. The first kappa shape index (κ1) is 38.9. The first-order chi connectivity index (χ1) is 24.1. The van der Waals surface area contributed by atoms with Crippen molar-refractivity contribution in [3.05, 3.63) is 73.1 Å². The van der Waals surface area contributed by atoms with E-state index in [0.29, 0.717) is 22.8 Å². The van der Waals surface area contributed by atoms with E-state index in [-0.39, 0.29) is 39.1 Å². The molecule has 17 nitrogen and oxygen atoms in total.